The van der Waals surface area contributed by atoms with E-state index in [9.17, 15) is 0 Å². The second-order valence-electron chi connectivity index (χ2n) is 4.45. The zero-order valence-electron chi connectivity index (χ0n) is 11.3. The number of hydrogen-bond acceptors (Lipinski definition) is 4. The van der Waals surface area contributed by atoms with E-state index in [1.54, 1.807) is 23.9 Å². The molecule has 0 saturated heterocycles. The number of hydrogen-bond donors (Lipinski definition) is 1. The van der Waals surface area contributed by atoms with Crippen LogP contribution in [0.5, 0.6) is 0 Å². The summed E-state index contributed by atoms with van der Waals surface area (Å²) in [4.78, 5) is 6.05. The van der Waals surface area contributed by atoms with Crippen molar-refractivity contribution in [3.63, 3.8) is 0 Å². The SMILES string of the molecule is CCNCc1sc(-c2ccoc2)nc1-c1ccccc1. The van der Waals surface area contributed by atoms with E-state index in [2.05, 4.69) is 24.4 Å². The van der Waals surface area contributed by atoms with Gasteiger partial charge in [0, 0.05) is 22.5 Å². The van der Waals surface area contributed by atoms with Crippen LogP contribution in [0.2, 0.25) is 0 Å². The maximum Gasteiger partial charge on any atom is 0.127 e. The van der Waals surface area contributed by atoms with Crippen LogP contribution < -0.4 is 5.32 Å². The summed E-state index contributed by atoms with van der Waals surface area (Å²) in [5.74, 6) is 0. The number of furan rings is 1. The van der Waals surface area contributed by atoms with Crippen molar-refractivity contribution in [3.8, 4) is 21.8 Å². The molecule has 0 bridgehead atoms. The molecule has 2 heterocycles. The molecule has 2 aromatic heterocycles. The minimum absolute atomic E-state index is 0.843. The van der Waals surface area contributed by atoms with E-state index >= 15 is 0 Å². The van der Waals surface area contributed by atoms with Crippen molar-refractivity contribution in [1.29, 1.82) is 0 Å². The molecule has 0 saturated carbocycles. The minimum atomic E-state index is 0.843. The summed E-state index contributed by atoms with van der Waals surface area (Å²) < 4.78 is 5.16. The predicted octanol–water partition coefficient (Wildman–Crippen LogP) is 4.18. The molecule has 102 valence electrons. The molecule has 4 heteroatoms. The average molecular weight is 284 g/mol. The molecule has 0 atom stereocenters. The molecule has 0 fully saturated rings. The molecule has 0 aliphatic heterocycles. The third-order valence-corrected chi connectivity index (χ3v) is 4.15. The van der Waals surface area contributed by atoms with Gasteiger partial charge in [-0.2, -0.15) is 0 Å². The minimum Gasteiger partial charge on any atom is -0.472 e. The van der Waals surface area contributed by atoms with E-state index in [1.165, 1.54) is 4.88 Å². The van der Waals surface area contributed by atoms with Gasteiger partial charge in [0.25, 0.3) is 0 Å². The van der Waals surface area contributed by atoms with Crippen molar-refractivity contribution < 1.29 is 4.42 Å². The highest BCUT2D eigenvalue weighted by atomic mass is 32.1. The van der Waals surface area contributed by atoms with Gasteiger partial charge in [-0.1, -0.05) is 37.3 Å². The van der Waals surface area contributed by atoms with Gasteiger partial charge in [0.05, 0.1) is 12.0 Å². The van der Waals surface area contributed by atoms with Crippen molar-refractivity contribution in [1.82, 2.24) is 10.3 Å². The van der Waals surface area contributed by atoms with Crippen LogP contribution in [0, 0.1) is 0 Å². The van der Waals surface area contributed by atoms with E-state index in [1.807, 2.05) is 24.3 Å². The summed E-state index contributed by atoms with van der Waals surface area (Å²) in [5.41, 5.74) is 3.26. The summed E-state index contributed by atoms with van der Waals surface area (Å²) in [6.45, 7) is 3.91. The number of nitrogens with one attached hydrogen (secondary N) is 1. The van der Waals surface area contributed by atoms with E-state index in [0.29, 0.717) is 0 Å². The quantitative estimate of drug-likeness (QED) is 0.763. The highest BCUT2D eigenvalue weighted by Crippen LogP contribution is 2.33. The normalized spacial score (nSPS) is 10.8. The smallest absolute Gasteiger partial charge is 0.127 e. The summed E-state index contributed by atoms with van der Waals surface area (Å²) in [6, 6.07) is 12.3. The molecule has 1 aromatic carbocycles. The maximum atomic E-state index is 5.16. The van der Waals surface area contributed by atoms with Crippen LogP contribution in [0.3, 0.4) is 0 Å². The van der Waals surface area contributed by atoms with Crippen molar-refractivity contribution in [2.45, 2.75) is 13.5 Å². The van der Waals surface area contributed by atoms with Crippen LogP contribution in [0.25, 0.3) is 21.8 Å². The Morgan fingerprint density at radius 2 is 2.00 bits per heavy atom. The fourth-order valence-corrected chi connectivity index (χ4v) is 3.08. The van der Waals surface area contributed by atoms with Crippen molar-refractivity contribution in [3.05, 3.63) is 53.8 Å². The van der Waals surface area contributed by atoms with Gasteiger partial charge in [-0.05, 0) is 12.6 Å². The first kappa shape index (κ1) is 13.1. The first-order valence-electron chi connectivity index (χ1n) is 6.67. The molecule has 0 radical (unpaired) electrons. The molecule has 0 aliphatic rings. The van der Waals surface area contributed by atoms with Crippen LogP contribution in [0.1, 0.15) is 11.8 Å². The molecular formula is C16H16N2OS. The third kappa shape index (κ3) is 2.66. The topological polar surface area (TPSA) is 38.1 Å². The Hall–Kier alpha value is -1.91. The second kappa shape index (κ2) is 6.03. The standard InChI is InChI=1S/C16H16N2OS/c1-2-17-10-14-15(12-6-4-3-5-7-12)18-16(20-14)13-8-9-19-11-13/h3-9,11,17H,2,10H2,1H3. The van der Waals surface area contributed by atoms with Gasteiger partial charge in [-0.15, -0.1) is 11.3 Å². The Balaban J connectivity index is 2.02. The molecule has 20 heavy (non-hydrogen) atoms. The summed E-state index contributed by atoms with van der Waals surface area (Å²) >= 11 is 1.72. The maximum absolute atomic E-state index is 5.16. The molecular weight excluding hydrogens is 268 g/mol. The van der Waals surface area contributed by atoms with E-state index < -0.39 is 0 Å². The lowest BCUT2D eigenvalue weighted by molar-refractivity contribution is 0.568. The summed E-state index contributed by atoms with van der Waals surface area (Å²) in [7, 11) is 0. The zero-order chi connectivity index (χ0) is 13.8. The fraction of sp³-hybridized carbons (Fsp3) is 0.188. The van der Waals surface area contributed by atoms with Crippen molar-refractivity contribution >= 4 is 11.3 Å². The van der Waals surface area contributed by atoms with Gasteiger partial charge in [-0.25, -0.2) is 4.98 Å². The lowest BCUT2D eigenvalue weighted by atomic mass is 10.1. The van der Waals surface area contributed by atoms with Crippen molar-refractivity contribution in [2.24, 2.45) is 0 Å². The molecule has 3 nitrogen and oxygen atoms in total. The Morgan fingerprint density at radius 3 is 2.70 bits per heavy atom. The number of benzene rings is 1. The summed E-state index contributed by atoms with van der Waals surface area (Å²) in [6.07, 6.45) is 3.42. The highest BCUT2D eigenvalue weighted by Gasteiger charge is 2.14. The first-order chi connectivity index (χ1) is 9.88. The Labute approximate surface area is 122 Å². The van der Waals surface area contributed by atoms with E-state index in [0.717, 1.165) is 34.9 Å². The molecule has 1 N–H and O–H groups in total. The van der Waals surface area contributed by atoms with Crippen LogP contribution in [0.15, 0.2) is 53.3 Å². The lowest BCUT2D eigenvalue weighted by Crippen LogP contribution is -2.11. The van der Waals surface area contributed by atoms with Gasteiger partial charge < -0.3 is 9.73 Å². The molecule has 0 unspecified atom stereocenters. The van der Waals surface area contributed by atoms with Crippen LogP contribution >= 0.6 is 11.3 Å². The predicted molar refractivity (Wildman–Crippen MR) is 82.6 cm³/mol. The molecule has 3 rings (SSSR count). The van der Waals surface area contributed by atoms with Gasteiger partial charge in [0.2, 0.25) is 0 Å². The molecule has 0 aliphatic carbocycles. The second-order valence-corrected chi connectivity index (χ2v) is 5.53. The monoisotopic (exact) mass is 284 g/mol. The zero-order valence-corrected chi connectivity index (χ0v) is 12.1. The summed E-state index contributed by atoms with van der Waals surface area (Å²) in [5, 5.41) is 4.39. The first-order valence-corrected chi connectivity index (χ1v) is 7.48. The van der Waals surface area contributed by atoms with Gasteiger partial charge in [-0.3, -0.25) is 0 Å². The number of nitrogens with zero attached hydrogens (tertiary/aromatic N) is 1. The number of aromatic nitrogens is 1. The molecule has 0 amide bonds. The van der Waals surface area contributed by atoms with Gasteiger partial charge in [0.1, 0.15) is 11.3 Å². The average Bonchev–Trinajstić information content (AvgIpc) is 3.15. The lowest BCUT2D eigenvalue weighted by Gasteiger charge is -2.02. The van der Waals surface area contributed by atoms with Gasteiger partial charge >= 0.3 is 0 Å². The van der Waals surface area contributed by atoms with E-state index in [-0.39, 0.29) is 0 Å². The van der Waals surface area contributed by atoms with Crippen LogP contribution in [-0.4, -0.2) is 11.5 Å². The highest BCUT2D eigenvalue weighted by molar-refractivity contribution is 7.15. The van der Waals surface area contributed by atoms with Crippen LogP contribution in [-0.2, 0) is 6.54 Å². The largest absolute Gasteiger partial charge is 0.472 e. The van der Waals surface area contributed by atoms with E-state index in [4.69, 9.17) is 9.40 Å². The van der Waals surface area contributed by atoms with Crippen LogP contribution in [0.4, 0.5) is 0 Å². The third-order valence-electron chi connectivity index (χ3n) is 3.05. The number of thiazole rings is 1. The Kier molecular flexibility index (Phi) is 3.95. The Bertz CT molecular complexity index is 659. The fourth-order valence-electron chi connectivity index (χ4n) is 2.04. The Morgan fingerprint density at radius 1 is 1.15 bits per heavy atom. The molecule has 0 spiro atoms. The number of rotatable bonds is 5. The van der Waals surface area contributed by atoms with Gasteiger partial charge in [0.15, 0.2) is 0 Å². The molecule has 3 aromatic rings. The van der Waals surface area contributed by atoms with Crippen molar-refractivity contribution in [2.75, 3.05) is 6.54 Å².